The Morgan fingerprint density at radius 2 is 1.74 bits per heavy atom. The van der Waals surface area contributed by atoms with Gasteiger partial charge in [-0.05, 0) is 56.8 Å². The van der Waals surface area contributed by atoms with Crippen molar-refractivity contribution in [1.82, 2.24) is 10.2 Å². The van der Waals surface area contributed by atoms with E-state index in [0.717, 1.165) is 16.7 Å². The van der Waals surface area contributed by atoms with Crippen LogP contribution in [0.2, 0.25) is 0 Å². The van der Waals surface area contributed by atoms with Crippen molar-refractivity contribution in [3.63, 3.8) is 0 Å². The van der Waals surface area contributed by atoms with Gasteiger partial charge in [-0.3, -0.25) is 9.59 Å². The number of likely N-dealkylation sites (N-methyl/N-ethyl adjacent to an activating group) is 1. The Morgan fingerprint density at radius 3 is 2.41 bits per heavy atom. The smallest absolute Gasteiger partial charge is 0.287 e. The molecule has 140 valence electrons. The summed E-state index contributed by atoms with van der Waals surface area (Å²) in [7, 11) is 3.93. The van der Waals surface area contributed by atoms with Crippen molar-refractivity contribution >= 4 is 16.9 Å². The van der Waals surface area contributed by atoms with Crippen molar-refractivity contribution in [3.8, 4) is 0 Å². The minimum Gasteiger partial charge on any atom is -0.451 e. The third kappa shape index (κ3) is 4.09. The maximum absolute atomic E-state index is 12.6. The lowest BCUT2D eigenvalue weighted by atomic mass is 10.1. The van der Waals surface area contributed by atoms with Gasteiger partial charge >= 0.3 is 0 Å². The second-order valence-corrected chi connectivity index (χ2v) is 7.01. The molecule has 0 unspecified atom stereocenters. The predicted octanol–water partition coefficient (Wildman–Crippen LogP) is 3.44. The highest BCUT2D eigenvalue weighted by molar-refractivity contribution is 5.93. The molecule has 2 aromatic carbocycles. The molecule has 0 aliphatic heterocycles. The number of carbonyl (C=O) groups is 1. The van der Waals surface area contributed by atoms with Crippen LogP contribution in [0.1, 0.15) is 33.3 Å². The summed E-state index contributed by atoms with van der Waals surface area (Å²) in [6.45, 7) is 4.30. The number of aryl methyl sites for hydroxylation is 2. The van der Waals surface area contributed by atoms with Crippen LogP contribution in [0.15, 0.2) is 57.7 Å². The van der Waals surface area contributed by atoms with E-state index in [1.54, 1.807) is 12.1 Å². The van der Waals surface area contributed by atoms with Gasteiger partial charge in [0.2, 0.25) is 0 Å². The molecule has 3 rings (SSSR count). The van der Waals surface area contributed by atoms with E-state index in [1.807, 2.05) is 63.2 Å². The number of nitrogens with zero attached hydrogens (tertiary/aromatic N) is 1. The quantitative estimate of drug-likeness (QED) is 0.753. The van der Waals surface area contributed by atoms with E-state index in [9.17, 15) is 9.59 Å². The van der Waals surface area contributed by atoms with Crippen LogP contribution in [0.5, 0.6) is 0 Å². The highest BCUT2D eigenvalue weighted by Gasteiger charge is 2.18. The Bertz CT molecular complexity index is 1020. The lowest BCUT2D eigenvalue weighted by Gasteiger charge is -2.25. The van der Waals surface area contributed by atoms with Gasteiger partial charge in [0.15, 0.2) is 11.2 Å². The number of nitrogens with one attached hydrogen (secondary N) is 1. The van der Waals surface area contributed by atoms with Gasteiger partial charge in [-0.15, -0.1) is 0 Å². The predicted molar refractivity (Wildman–Crippen MR) is 107 cm³/mol. The summed E-state index contributed by atoms with van der Waals surface area (Å²) < 4.78 is 5.71. The standard InChI is InChI=1S/C22H24N2O3/c1-14-10-17-19(25)12-21(27-20(17)11-15(14)2)22(26)23-13-18(24(3)4)16-8-6-5-7-9-16/h5-12,18H,13H2,1-4H3,(H,23,26)/t18-/m0/s1. The Kier molecular flexibility index (Phi) is 5.42. The number of amides is 1. The van der Waals surface area contributed by atoms with E-state index in [2.05, 4.69) is 5.32 Å². The average Bonchev–Trinajstić information content (AvgIpc) is 2.64. The number of fused-ring (bicyclic) bond motifs is 1. The number of rotatable bonds is 5. The van der Waals surface area contributed by atoms with Crippen molar-refractivity contribution < 1.29 is 9.21 Å². The first-order valence-corrected chi connectivity index (χ1v) is 8.91. The number of carbonyl (C=O) groups excluding carboxylic acids is 1. The molecule has 1 atom stereocenters. The molecule has 0 radical (unpaired) electrons. The van der Waals surface area contributed by atoms with E-state index in [0.29, 0.717) is 17.5 Å². The van der Waals surface area contributed by atoms with Crippen molar-refractivity contribution in [2.45, 2.75) is 19.9 Å². The highest BCUT2D eigenvalue weighted by Crippen LogP contribution is 2.19. The van der Waals surface area contributed by atoms with Gasteiger partial charge in [-0.1, -0.05) is 30.3 Å². The molecular weight excluding hydrogens is 340 g/mol. The summed E-state index contributed by atoms with van der Waals surface area (Å²) in [6.07, 6.45) is 0. The van der Waals surface area contributed by atoms with Crippen LogP contribution in [0, 0.1) is 13.8 Å². The van der Waals surface area contributed by atoms with E-state index < -0.39 is 5.91 Å². The monoisotopic (exact) mass is 364 g/mol. The van der Waals surface area contributed by atoms with Crippen LogP contribution >= 0.6 is 0 Å². The highest BCUT2D eigenvalue weighted by atomic mass is 16.3. The maximum atomic E-state index is 12.6. The van der Waals surface area contributed by atoms with Crippen LogP contribution in [-0.2, 0) is 0 Å². The molecule has 0 bridgehead atoms. The van der Waals surface area contributed by atoms with Gasteiger partial charge in [0.05, 0.1) is 11.4 Å². The Labute approximate surface area is 158 Å². The molecule has 5 nitrogen and oxygen atoms in total. The maximum Gasteiger partial charge on any atom is 0.287 e. The van der Waals surface area contributed by atoms with Crippen LogP contribution < -0.4 is 10.7 Å². The largest absolute Gasteiger partial charge is 0.451 e. The third-order valence-corrected chi connectivity index (χ3v) is 4.83. The molecule has 0 saturated heterocycles. The van der Waals surface area contributed by atoms with Crippen LogP contribution in [0.25, 0.3) is 11.0 Å². The average molecular weight is 364 g/mol. The molecule has 1 heterocycles. The molecule has 0 aliphatic carbocycles. The molecular formula is C22H24N2O3. The first-order valence-electron chi connectivity index (χ1n) is 8.91. The summed E-state index contributed by atoms with van der Waals surface area (Å²) in [6, 6.07) is 14.8. The first-order chi connectivity index (χ1) is 12.9. The van der Waals surface area contributed by atoms with E-state index in [1.165, 1.54) is 6.07 Å². The zero-order chi connectivity index (χ0) is 19.6. The minimum absolute atomic E-state index is 0.0206. The Morgan fingerprint density at radius 1 is 1.07 bits per heavy atom. The molecule has 3 aromatic rings. The van der Waals surface area contributed by atoms with E-state index >= 15 is 0 Å². The van der Waals surface area contributed by atoms with Gasteiger partial charge in [0, 0.05) is 12.6 Å². The van der Waals surface area contributed by atoms with E-state index in [-0.39, 0.29) is 17.2 Å². The summed E-state index contributed by atoms with van der Waals surface area (Å²) in [4.78, 5) is 27.0. The zero-order valence-electron chi connectivity index (χ0n) is 16.1. The summed E-state index contributed by atoms with van der Waals surface area (Å²) in [5, 5.41) is 3.37. The topological polar surface area (TPSA) is 62.6 Å². The Balaban J connectivity index is 1.83. The van der Waals surface area contributed by atoms with Gasteiger partial charge in [0.25, 0.3) is 5.91 Å². The lowest BCUT2D eigenvalue weighted by molar-refractivity contribution is 0.0914. The van der Waals surface area contributed by atoms with Crippen LogP contribution in [-0.4, -0.2) is 31.4 Å². The normalized spacial score (nSPS) is 12.3. The lowest BCUT2D eigenvalue weighted by Crippen LogP contribution is -2.34. The fraction of sp³-hybridized carbons (Fsp3) is 0.273. The second-order valence-electron chi connectivity index (χ2n) is 7.01. The van der Waals surface area contributed by atoms with Crippen molar-refractivity contribution in [1.29, 1.82) is 0 Å². The van der Waals surface area contributed by atoms with E-state index in [4.69, 9.17) is 4.42 Å². The fourth-order valence-corrected chi connectivity index (χ4v) is 3.07. The molecule has 1 N–H and O–H groups in total. The van der Waals surface area contributed by atoms with Gasteiger partial charge in [-0.2, -0.15) is 0 Å². The molecule has 0 aliphatic rings. The molecule has 5 heteroatoms. The van der Waals surface area contributed by atoms with Gasteiger partial charge in [0.1, 0.15) is 5.58 Å². The van der Waals surface area contributed by atoms with Crippen LogP contribution in [0.4, 0.5) is 0 Å². The number of hydrogen-bond acceptors (Lipinski definition) is 4. The first kappa shape index (κ1) is 18.9. The van der Waals surface area contributed by atoms with Gasteiger partial charge < -0.3 is 14.6 Å². The van der Waals surface area contributed by atoms with Gasteiger partial charge in [-0.25, -0.2) is 0 Å². The molecule has 0 spiro atoms. The molecule has 1 amide bonds. The zero-order valence-corrected chi connectivity index (χ0v) is 16.1. The molecule has 0 fully saturated rings. The second kappa shape index (κ2) is 7.76. The van der Waals surface area contributed by atoms with Crippen LogP contribution in [0.3, 0.4) is 0 Å². The molecule has 0 saturated carbocycles. The minimum atomic E-state index is -0.394. The number of hydrogen-bond donors (Lipinski definition) is 1. The van der Waals surface area contributed by atoms with Crippen molar-refractivity contribution in [2.24, 2.45) is 0 Å². The van der Waals surface area contributed by atoms with Crippen molar-refractivity contribution in [2.75, 3.05) is 20.6 Å². The summed E-state index contributed by atoms with van der Waals surface area (Å²) >= 11 is 0. The SMILES string of the molecule is Cc1cc2oc(C(=O)NC[C@@H](c3ccccc3)N(C)C)cc(=O)c2cc1C. The third-order valence-electron chi connectivity index (χ3n) is 4.83. The summed E-state index contributed by atoms with van der Waals surface area (Å²) in [5.74, 6) is -0.365. The fourth-order valence-electron chi connectivity index (χ4n) is 3.07. The molecule has 1 aromatic heterocycles. The van der Waals surface area contributed by atoms with Crippen molar-refractivity contribution in [3.05, 3.63) is 81.2 Å². The summed E-state index contributed by atoms with van der Waals surface area (Å²) in [5.41, 5.74) is 3.36. The number of benzene rings is 2. The molecule has 27 heavy (non-hydrogen) atoms. The Hall–Kier alpha value is -2.92.